The van der Waals surface area contributed by atoms with E-state index in [1.807, 2.05) is 54.6 Å². The molecule has 0 amide bonds. The monoisotopic (exact) mass is 511 g/mol. The number of nitrogens with zero attached hydrogens (tertiary/aromatic N) is 3. The molecule has 0 bridgehead atoms. The standard InChI is InChI=1S/C17H12Br3N3O/c1-24-17(11-5-2-8-14(18)21-11,12-6-3-9-15(19)22-12)13-7-4-10-16(20)23-13/h2-10H,1H3. The number of aromatic nitrogens is 3. The molecule has 3 heterocycles. The van der Waals surface area contributed by atoms with Gasteiger partial charge in [0.2, 0.25) is 0 Å². The van der Waals surface area contributed by atoms with Gasteiger partial charge in [0.05, 0.1) is 17.1 Å². The third kappa shape index (κ3) is 3.31. The Balaban J connectivity index is 2.34. The Morgan fingerprint density at radius 3 is 1.25 bits per heavy atom. The maximum Gasteiger partial charge on any atom is 0.193 e. The number of hydrogen-bond donors (Lipinski definition) is 0. The summed E-state index contributed by atoms with van der Waals surface area (Å²) in [6, 6.07) is 17.0. The highest BCUT2D eigenvalue weighted by Crippen LogP contribution is 2.38. The summed E-state index contributed by atoms with van der Waals surface area (Å²) in [5, 5.41) is 0. The topological polar surface area (TPSA) is 47.9 Å². The summed E-state index contributed by atoms with van der Waals surface area (Å²) in [4.78, 5) is 13.8. The quantitative estimate of drug-likeness (QED) is 0.456. The molecule has 7 heteroatoms. The number of pyridine rings is 3. The fourth-order valence-electron chi connectivity index (χ4n) is 2.52. The number of methoxy groups -OCH3 is 1. The van der Waals surface area contributed by atoms with Crippen LogP contribution in [0.2, 0.25) is 0 Å². The smallest absolute Gasteiger partial charge is 0.193 e. The Kier molecular flexibility index (Phi) is 5.44. The lowest BCUT2D eigenvalue weighted by atomic mass is 9.89. The molecule has 3 aromatic rings. The van der Waals surface area contributed by atoms with Crippen LogP contribution in [0.15, 0.2) is 68.4 Å². The number of ether oxygens (including phenoxy) is 1. The van der Waals surface area contributed by atoms with Crippen molar-refractivity contribution in [3.63, 3.8) is 0 Å². The molecule has 0 aliphatic rings. The van der Waals surface area contributed by atoms with Gasteiger partial charge in [0.1, 0.15) is 13.8 Å². The van der Waals surface area contributed by atoms with Gasteiger partial charge >= 0.3 is 0 Å². The van der Waals surface area contributed by atoms with E-state index in [2.05, 4.69) is 62.7 Å². The summed E-state index contributed by atoms with van der Waals surface area (Å²) in [7, 11) is 1.63. The van der Waals surface area contributed by atoms with E-state index in [9.17, 15) is 0 Å². The number of hydrogen-bond acceptors (Lipinski definition) is 4. The van der Waals surface area contributed by atoms with Crippen molar-refractivity contribution >= 4 is 47.8 Å². The third-order valence-corrected chi connectivity index (χ3v) is 4.86. The number of halogens is 3. The molecule has 3 aromatic heterocycles. The predicted octanol–water partition coefficient (Wildman–Crippen LogP) is 5.10. The van der Waals surface area contributed by atoms with Gasteiger partial charge in [-0.3, -0.25) is 0 Å². The van der Waals surface area contributed by atoms with E-state index in [4.69, 9.17) is 4.74 Å². The normalized spacial score (nSPS) is 11.5. The van der Waals surface area contributed by atoms with E-state index in [0.717, 1.165) is 0 Å². The molecule has 0 atom stereocenters. The number of rotatable bonds is 4. The van der Waals surface area contributed by atoms with Crippen molar-refractivity contribution in [2.75, 3.05) is 7.11 Å². The van der Waals surface area contributed by atoms with Gasteiger partial charge in [0.25, 0.3) is 0 Å². The highest BCUT2D eigenvalue weighted by Gasteiger charge is 2.41. The highest BCUT2D eigenvalue weighted by molar-refractivity contribution is 9.11. The third-order valence-electron chi connectivity index (χ3n) is 3.53. The van der Waals surface area contributed by atoms with Crippen LogP contribution in [-0.2, 0) is 10.3 Å². The minimum atomic E-state index is -1.03. The molecule has 0 fully saturated rings. The van der Waals surface area contributed by atoms with Crippen molar-refractivity contribution in [3.05, 3.63) is 85.5 Å². The fraction of sp³-hybridized carbons (Fsp3) is 0.118. The van der Waals surface area contributed by atoms with Gasteiger partial charge in [-0.15, -0.1) is 0 Å². The van der Waals surface area contributed by atoms with Gasteiger partial charge in [-0.1, -0.05) is 18.2 Å². The van der Waals surface area contributed by atoms with Gasteiger partial charge < -0.3 is 4.74 Å². The minimum Gasteiger partial charge on any atom is -0.359 e. The van der Waals surface area contributed by atoms with Crippen LogP contribution in [0, 0.1) is 0 Å². The Bertz CT molecular complexity index is 762. The largest absolute Gasteiger partial charge is 0.359 e. The van der Waals surface area contributed by atoms with E-state index >= 15 is 0 Å². The molecule has 0 aliphatic heterocycles. The highest BCUT2D eigenvalue weighted by atomic mass is 79.9. The zero-order valence-electron chi connectivity index (χ0n) is 12.6. The second-order valence-electron chi connectivity index (χ2n) is 4.92. The van der Waals surface area contributed by atoms with Crippen molar-refractivity contribution in [2.45, 2.75) is 5.60 Å². The molecule has 122 valence electrons. The van der Waals surface area contributed by atoms with Gasteiger partial charge in [-0.05, 0) is 84.2 Å². The van der Waals surface area contributed by atoms with Crippen LogP contribution in [0.3, 0.4) is 0 Å². The lowest BCUT2D eigenvalue weighted by Crippen LogP contribution is -2.34. The summed E-state index contributed by atoms with van der Waals surface area (Å²) >= 11 is 10.3. The van der Waals surface area contributed by atoms with Crippen molar-refractivity contribution in [3.8, 4) is 0 Å². The van der Waals surface area contributed by atoms with Crippen LogP contribution < -0.4 is 0 Å². The molecule has 4 nitrogen and oxygen atoms in total. The van der Waals surface area contributed by atoms with E-state index in [1.165, 1.54) is 0 Å². The average Bonchev–Trinajstić information content (AvgIpc) is 2.56. The van der Waals surface area contributed by atoms with Crippen molar-refractivity contribution < 1.29 is 4.74 Å². The van der Waals surface area contributed by atoms with E-state index in [0.29, 0.717) is 30.9 Å². The summed E-state index contributed by atoms with van der Waals surface area (Å²) in [6.07, 6.45) is 0. The molecular weight excluding hydrogens is 502 g/mol. The molecule has 0 saturated carbocycles. The van der Waals surface area contributed by atoms with Gasteiger partial charge in [-0.2, -0.15) is 0 Å². The van der Waals surface area contributed by atoms with Crippen molar-refractivity contribution in [1.82, 2.24) is 15.0 Å². The Hall–Kier alpha value is -1.15. The first kappa shape index (κ1) is 17.7. The summed E-state index contributed by atoms with van der Waals surface area (Å²) < 4.78 is 8.15. The molecule has 0 aromatic carbocycles. The average molecular weight is 514 g/mol. The van der Waals surface area contributed by atoms with Crippen LogP contribution in [0.5, 0.6) is 0 Å². The van der Waals surface area contributed by atoms with Crippen LogP contribution in [0.25, 0.3) is 0 Å². The van der Waals surface area contributed by atoms with Crippen LogP contribution >= 0.6 is 47.8 Å². The van der Waals surface area contributed by atoms with Gasteiger partial charge in [0, 0.05) is 7.11 Å². The van der Waals surface area contributed by atoms with Crippen LogP contribution in [0.4, 0.5) is 0 Å². The lowest BCUT2D eigenvalue weighted by Gasteiger charge is -2.31. The lowest BCUT2D eigenvalue weighted by molar-refractivity contribution is 0.0470. The predicted molar refractivity (Wildman–Crippen MR) is 103 cm³/mol. The molecule has 0 unspecified atom stereocenters. The van der Waals surface area contributed by atoms with Gasteiger partial charge in [-0.25, -0.2) is 15.0 Å². The maximum absolute atomic E-state index is 6.01. The zero-order valence-corrected chi connectivity index (χ0v) is 17.3. The summed E-state index contributed by atoms with van der Waals surface area (Å²) in [5.74, 6) is 0. The molecule has 0 N–H and O–H groups in total. The molecule has 3 rings (SSSR count). The van der Waals surface area contributed by atoms with E-state index < -0.39 is 5.60 Å². The second-order valence-corrected chi connectivity index (χ2v) is 7.36. The molecule has 0 spiro atoms. The zero-order chi connectivity index (χ0) is 17.2. The first-order chi connectivity index (χ1) is 11.6. The molecule has 0 aliphatic carbocycles. The maximum atomic E-state index is 6.01. The van der Waals surface area contributed by atoms with E-state index in [-0.39, 0.29) is 0 Å². The van der Waals surface area contributed by atoms with Crippen LogP contribution in [-0.4, -0.2) is 22.1 Å². The molecule has 0 radical (unpaired) electrons. The van der Waals surface area contributed by atoms with Gasteiger partial charge in [0.15, 0.2) is 5.60 Å². The van der Waals surface area contributed by atoms with Crippen molar-refractivity contribution in [2.24, 2.45) is 0 Å². The molecule has 24 heavy (non-hydrogen) atoms. The first-order valence-electron chi connectivity index (χ1n) is 7.00. The summed E-state index contributed by atoms with van der Waals surface area (Å²) in [6.45, 7) is 0. The first-order valence-corrected chi connectivity index (χ1v) is 9.38. The minimum absolute atomic E-state index is 0.690. The van der Waals surface area contributed by atoms with E-state index in [1.54, 1.807) is 7.11 Å². The fourth-order valence-corrected chi connectivity index (χ4v) is 3.55. The molecular formula is C17H12Br3N3O. The Morgan fingerprint density at radius 1 is 0.667 bits per heavy atom. The van der Waals surface area contributed by atoms with Crippen molar-refractivity contribution in [1.29, 1.82) is 0 Å². The molecule has 0 saturated heterocycles. The summed E-state index contributed by atoms with van der Waals surface area (Å²) in [5.41, 5.74) is 1.04. The Labute approximate surface area is 165 Å². The van der Waals surface area contributed by atoms with Crippen LogP contribution in [0.1, 0.15) is 17.1 Å². The second kappa shape index (κ2) is 7.39. The SMILES string of the molecule is COC(c1cccc(Br)n1)(c1cccc(Br)n1)c1cccc(Br)n1. The Morgan fingerprint density at radius 2 is 1.00 bits per heavy atom.